The molecule has 0 aliphatic carbocycles. The lowest BCUT2D eigenvalue weighted by molar-refractivity contribution is -0.147. The van der Waals surface area contributed by atoms with E-state index in [0.717, 1.165) is 0 Å². The molecule has 0 saturated carbocycles. The van der Waals surface area contributed by atoms with Crippen molar-refractivity contribution in [1.82, 2.24) is 19.9 Å². The fraction of sp³-hybridized carbons (Fsp3) is 0.273. The summed E-state index contributed by atoms with van der Waals surface area (Å²) in [6, 6.07) is 0. The molecule has 1 aliphatic heterocycles. The number of hydrogen-bond acceptors (Lipinski definition) is 9. The number of aliphatic hydroxyl groups is 4. The van der Waals surface area contributed by atoms with Gasteiger partial charge in [0.2, 0.25) is 5.76 Å². The number of carbonyl (C=O) groups is 1. The van der Waals surface area contributed by atoms with Crippen LogP contribution < -0.4 is 16.9 Å². The molecule has 0 radical (unpaired) electrons. The van der Waals surface area contributed by atoms with E-state index in [-0.39, 0.29) is 11.2 Å². The van der Waals surface area contributed by atoms with Crippen LogP contribution in [0.4, 0.5) is 0 Å². The summed E-state index contributed by atoms with van der Waals surface area (Å²) in [7, 11) is 0. The summed E-state index contributed by atoms with van der Waals surface area (Å²) in [5.41, 5.74) is -1.65. The summed E-state index contributed by atoms with van der Waals surface area (Å²) in [5.74, 6) is -2.78. The standard InChI is InChI=1S/C6H8O6.C5H4N4O3/c7-1-2(8)5-3(9)4(10)6(11)12-5;10-3-1-2(7-4(11)6-1)8-5(12)9-3/h2,5,7-10H,1H2;(H4,6,7,8,9,10,11,12)/t2-,5+;/m0./s1. The fourth-order valence-corrected chi connectivity index (χ4v) is 1.78. The molecular formula is C11H12N4O9. The Balaban J connectivity index is 0.000000174. The first-order chi connectivity index (χ1) is 11.2. The predicted molar refractivity (Wildman–Crippen MR) is 75.4 cm³/mol. The van der Waals surface area contributed by atoms with E-state index < -0.39 is 53.2 Å². The van der Waals surface area contributed by atoms with Crippen LogP contribution in [0.2, 0.25) is 0 Å². The summed E-state index contributed by atoms with van der Waals surface area (Å²) in [5, 5.41) is 35.0. The van der Waals surface area contributed by atoms with Gasteiger partial charge in [0.05, 0.1) is 6.61 Å². The molecule has 13 nitrogen and oxygen atoms in total. The predicted octanol–water partition coefficient (Wildman–Crippen LogP) is -3.17. The highest BCUT2D eigenvalue weighted by molar-refractivity contribution is 5.89. The molecule has 0 saturated heterocycles. The lowest BCUT2D eigenvalue weighted by Crippen LogP contribution is -2.31. The molecule has 8 N–H and O–H groups in total. The first kappa shape index (κ1) is 17.0. The SMILES string of the molecule is O=C1O[C@H]([C@@H](O)CO)C(O)=C1O.O=c1[nH]c(=O)c2[nH]c(=O)[nH]c2[nH]1. The average molecular weight is 344 g/mol. The monoisotopic (exact) mass is 344 g/mol. The zero-order chi connectivity index (χ0) is 18.0. The van der Waals surface area contributed by atoms with Gasteiger partial charge < -0.3 is 25.2 Å². The van der Waals surface area contributed by atoms with Crippen LogP contribution in [0.1, 0.15) is 0 Å². The van der Waals surface area contributed by atoms with Gasteiger partial charge in [0.15, 0.2) is 11.9 Å². The van der Waals surface area contributed by atoms with E-state index in [4.69, 9.17) is 20.4 Å². The number of aromatic nitrogens is 4. The highest BCUT2D eigenvalue weighted by atomic mass is 16.6. The first-order valence-electron chi connectivity index (χ1n) is 6.31. The third-order valence-electron chi connectivity index (χ3n) is 2.90. The summed E-state index contributed by atoms with van der Waals surface area (Å²) in [6.07, 6.45) is -2.78. The minimum atomic E-state index is -1.42. The lowest BCUT2D eigenvalue weighted by Gasteiger charge is -2.13. The molecule has 130 valence electrons. The van der Waals surface area contributed by atoms with Crippen LogP contribution in [0.15, 0.2) is 25.9 Å². The van der Waals surface area contributed by atoms with Crippen molar-refractivity contribution >= 4 is 17.1 Å². The Bertz CT molecular complexity index is 962. The number of aromatic amines is 4. The molecule has 2 aromatic heterocycles. The smallest absolute Gasteiger partial charge is 0.377 e. The molecule has 0 unspecified atom stereocenters. The fourth-order valence-electron chi connectivity index (χ4n) is 1.78. The molecule has 0 fully saturated rings. The molecule has 0 aromatic carbocycles. The second-order valence-electron chi connectivity index (χ2n) is 4.55. The first-order valence-corrected chi connectivity index (χ1v) is 6.31. The van der Waals surface area contributed by atoms with Crippen molar-refractivity contribution in [2.75, 3.05) is 6.61 Å². The highest BCUT2D eigenvalue weighted by Crippen LogP contribution is 2.20. The van der Waals surface area contributed by atoms with E-state index in [1.807, 2.05) is 4.98 Å². The number of imidazole rings is 1. The van der Waals surface area contributed by atoms with Gasteiger partial charge in [0, 0.05) is 0 Å². The van der Waals surface area contributed by atoms with Gasteiger partial charge in [-0.3, -0.25) is 24.7 Å². The topological polar surface area (TPSA) is 222 Å². The second-order valence-corrected chi connectivity index (χ2v) is 4.55. The maximum Gasteiger partial charge on any atom is 0.377 e. The van der Waals surface area contributed by atoms with Crippen molar-refractivity contribution in [2.45, 2.75) is 12.2 Å². The summed E-state index contributed by atoms with van der Waals surface area (Å²) in [4.78, 5) is 51.5. The van der Waals surface area contributed by atoms with Crippen LogP contribution in [0.5, 0.6) is 0 Å². The molecule has 13 heteroatoms. The van der Waals surface area contributed by atoms with E-state index in [0.29, 0.717) is 0 Å². The molecule has 2 atom stereocenters. The van der Waals surface area contributed by atoms with Gasteiger partial charge in [0.25, 0.3) is 5.56 Å². The van der Waals surface area contributed by atoms with Crippen molar-refractivity contribution in [3.8, 4) is 0 Å². The molecular weight excluding hydrogens is 332 g/mol. The van der Waals surface area contributed by atoms with Crippen LogP contribution in [0, 0.1) is 0 Å². The minimum Gasteiger partial charge on any atom is -0.505 e. The maximum atomic E-state index is 10.9. The van der Waals surface area contributed by atoms with E-state index in [1.165, 1.54) is 0 Å². The molecule has 0 amide bonds. The number of esters is 1. The summed E-state index contributed by atoms with van der Waals surface area (Å²) in [6.45, 7) is -0.671. The Labute approximate surface area is 129 Å². The van der Waals surface area contributed by atoms with E-state index in [9.17, 15) is 19.2 Å². The Morgan fingerprint density at radius 1 is 1.00 bits per heavy atom. The van der Waals surface area contributed by atoms with Crippen LogP contribution in [-0.2, 0) is 9.53 Å². The van der Waals surface area contributed by atoms with Crippen LogP contribution in [0.3, 0.4) is 0 Å². The molecule has 3 rings (SSSR count). The van der Waals surface area contributed by atoms with Crippen LogP contribution in [0.25, 0.3) is 11.2 Å². The van der Waals surface area contributed by atoms with Crippen molar-refractivity contribution in [3.05, 3.63) is 42.8 Å². The molecule has 1 aliphatic rings. The third kappa shape index (κ3) is 3.21. The van der Waals surface area contributed by atoms with Crippen LogP contribution >= 0.6 is 0 Å². The maximum absolute atomic E-state index is 10.9. The molecule has 0 bridgehead atoms. The Hall–Kier alpha value is -3.32. The number of nitrogens with one attached hydrogen (secondary N) is 4. The Kier molecular flexibility index (Phi) is 4.57. The van der Waals surface area contributed by atoms with Crippen molar-refractivity contribution in [1.29, 1.82) is 0 Å². The number of cyclic esters (lactones) is 1. The van der Waals surface area contributed by atoms with E-state index in [1.54, 1.807) is 0 Å². The molecule has 0 spiro atoms. The number of rotatable bonds is 2. The Morgan fingerprint density at radius 2 is 1.58 bits per heavy atom. The number of fused-ring (bicyclic) bond motifs is 1. The quantitative estimate of drug-likeness (QED) is 0.257. The van der Waals surface area contributed by atoms with Crippen molar-refractivity contribution < 1.29 is 30.0 Å². The minimum absolute atomic E-state index is 0.0413. The van der Waals surface area contributed by atoms with Gasteiger partial charge >= 0.3 is 17.3 Å². The third-order valence-corrected chi connectivity index (χ3v) is 2.90. The molecule has 24 heavy (non-hydrogen) atoms. The van der Waals surface area contributed by atoms with Gasteiger partial charge in [-0.05, 0) is 0 Å². The van der Waals surface area contributed by atoms with Crippen molar-refractivity contribution in [3.63, 3.8) is 0 Å². The van der Waals surface area contributed by atoms with Crippen LogP contribution in [-0.4, -0.2) is 65.1 Å². The average Bonchev–Trinajstić information content (AvgIpc) is 3.02. The number of carbonyl (C=O) groups excluding carboxylic acids is 1. The van der Waals surface area contributed by atoms with Gasteiger partial charge in [-0.2, -0.15) is 0 Å². The highest BCUT2D eigenvalue weighted by Gasteiger charge is 2.38. The zero-order valence-corrected chi connectivity index (χ0v) is 11.7. The van der Waals surface area contributed by atoms with Gasteiger partial charge in [-0.1, -0.05) is 0 Å². The summed E-state index contributed by atoms with van der Waals surface area (Å²) >= 11 is 0. The van der Waals surface area contributed by atoms with E-state index >= 15 is 0 Å². The molecule has 2 aromatic rings. The van der Waals surface area contributed by atoms with Gasteiger partial charge in [-0.15, -0.1) is 0 Å². The largest absolute Gasteiger partial charge is 0.505 e. The van der Waals surface area contributed by atoms with E-state index in [2.05, 4.69) is 19.7 Å². The Morgan fingerprint density at radius 3 is 2.08 bits per heavy atom. The lowest BCUT2D eigenvalue weighted by atomic mass is 10.2. The zero-order valence-electron chi connectivity index (χ0n) is 11.7. The molecule has 3 heterocycles. The van der Waals surface area contributed by atoms with Gasteiger partial charge in [-0.25, -0.2) is 14.4 Å². The summed E-state index contributed by atoms with van der Waals surface area (Å²) < 4.78 is 4.32. The normalized spacial score (nSPS) is 18.2. The number of ether oxygens (including phenoxy) is 1. The number of hydrogen-bond donors (Lipinski definition) is 8. The van der Waals surface area contributed by atoms with Crippen molar-refractivity contribution in [2.24, 2.45) is 0 Å². The number of H-pyrrole nitrogens is 4. The number of aliphatic hydroxyl groups excluding tert-OH is 4. The van der Waals surface area contributed by atoms with Gasteiger partial charge in [0.1, 0.15) is 17.3 Å². The second kappa shape index (κ2) is 6.43.